The van der Waals surface area contributed by atoms with E-state index < -0.39 is 4.92 Å². The quantitative estimate of drug-likeness (QED) is 0.238. The van der Waals surface area contributed by atoms with Gasteiger partial charge in [0.2, 0.25) is 0 Å². The van der Waals surface area contributed by atoms with Crippen molar-refractivity contribution in [2.75, 3.05) is 6.61 Å². The Morgan fingerprint density at radius 3 is 2.09 bits per heavy atom. The molecule has 2 rings (SSSR count). The lowest BCUT2D eigenvalue weighted by atomic mass is 10.3. The number of rotatable bonds is 7. The van der Waals surface area contributed by atoms with Gasteiger partial charge in [-0.1, -0.05) is 6.08 Å². The molecule has 0 atom stereocenters. The van der Waals surface area contributed by atoms with Gasteiger partial charge in [0.15, 0.2) is 0 Å². The van der Waals surface area contributed by atoms with E-state index in [4.69, 9.17) is 4.74 Å². The molecule has 0 amide bonds. The zero-order chi connectivity index (χ0) is 15.8. The average Bonchev–Trinajstić information content (AvgIpc) is 2.55. The number of nitrogens with zero attached hydrogens (tertiary/aromatic N) is 3. The SMILES string of the molecule is C=CCCOc1ccc(N=Nc2ccc([N+](=O)[O-])cc2)cc1. The zero-order valence-electron chi connectivity index (χ0n) is 11.9. The van der Waals surface area contributed by atoms with Crippen molar-refractivity contribution >= 4 is 17.1 Å². The average molecular weight is 297 g/mol. The minimum atomic E-state index is -0.452. The number of ether oxygens (including phenoxy) is 1. The second kappa shape index (κ2) is 7.68. The highest BCUT2D eigenvalue weighted by Crippen LogP contribution is 2.23. The molecule has 0 aliphatic carbocycles. The predicted molar refractivity (Wildman–Crippen MR) is 84.0 cm³/mol. The predicted octanol–water partition coefficient (Wildman–Crippen LogP) is 4.97. The summed E-state index contributed by atoms with van der Waals surface area (Å²) in [6.45, 7) is 4.22. The van der Waals surface area contributed by atoms with E-state index in [0.717, 1.165) is 12.2 Å². The molecule has 2 aromatic rings. The normalized spacial score (nSPS) is 10.5. The van der Waals surface area contributed by atoms with Gasteiger partial charge in [0.1, 0.15) is 5.75 Å². The molecule has 0 N–H and O–H groups in total. The van der Waals surface area contributed by atoms with E-state index in [1.54, 1.807) is 30.3 Å². The summed E-state index contributed by atoms with van der Waals surface area (Å²) in [6.07, 6.45) is 2.59. The van der Waals surface area contributed by atoms with Gasteiger partial charge in [0, 0.05) is 12.1 Å². The smallest absolute Gasteiger partial charge is 0.269 e. The minimum absolute atomic E-state index is 0.0278. The fourth-order valence-electron chi connectivity index (χ4n) is 1.63. The van der Waals surface area contributed by atoms with Crippen molar-refractivity contribution < 1.29 is 9.66 Å². The minimum Gasteiger partial charge on any atom is -0.493 e. The molecule has 6 nitrogen and oxygen atoms in total. The molecule has 0 aliphatic rings. The molecule has 6 heteroatoms. The molecule has 0 bridgehead atoms. The van der Waals surface area contributed by atoms with E-state index in [-0.39, 0.29) is 5.69 Å². The molecule has 0 aliphatic heterocycles. The maximum atomic E-state index is 10.6. The summed E-state index contributed by atoms with van der Waals surface area (Å²) in [6, 6.07) is 13.1. The summed E-state index contributed by atoms with van der Waals surface area (Å²) in [5, 5.41) is 18.7. The number of hydrogen-bond acceptors (Lipinski definition) is 5. The highest BCUT2D eigenvalue weighted by atomic mass is 16.6. The fraction of sp³-hybridized carbons (Fsp3) is 0.125. The van der Waals surface area contributed by atoms with Crippen LogP contribution in [0.3, 0.4) is 0 Å². The van der Waals surface area contributed by atoms with Crippen LogP contribution < -0.4 is 4.74 Å². The Bertz CT molecular complexity index is 664. The molecule has 2 aromatic carbocycles. The monoisotopic (exact) mass is 297 g/mol. The Labute approximate surface area is 127 Å². The number of nitro benzene ring substituents is 1. The van der Waals surface area contributed by atoms with Crippen LogP contribution in [0.4, 0.5) is 17.1 Å². The Balaban J connectivity index is 1.97. The number of non-ortho nitro benzene ring substituents is 1. The Morgan fingerprint density at radius 2 is 1.59 bits per heavy atom. The molecule has 0 spiro atoms. The van der Waals surface area contributed by atoms with E-state index in [0.29, 0.717) is 18.0 Å². The fourth-order valence-corrected chi connectivity index (χ4v) is 1.63. The number of hydrogen-bond donors (Lipinski definition) is 0. The largest absolute Gasteiger partial charge is 0.493 e. The first kappa shape index (κ1) is 15.4. The summed E-state index contributed by atoms with van der Waals surface area (Å²) < 4.78 is 5.49. The molecule has 0 unspecified atom stereocenters. The van der Waals surface area contributed by atoms with Crippen LogP contribution in [0.15, 0.2) is 71.4 Å². The van der Waals surface area contributed by atoms with Crippen LogP contribution in [0.25, 0.3) is 0 Å². The summed E-state index contributed by atoms with van der Waals surface area (Å²) in [4.78, 5) is 10.1. The molecule has 0 aromatic heterocycles. The highest BCUT2D eigenvalue weighted by Gasteiger charge is 2.03. The van der Waals surface area contributed by atoms with Gasteiger partial charge in [0.25, 0.3) is 5.69 Å². The molecule has 0 saturated heterocycles. The van der Waals surface area contributed by atoms with E-state index in [9.17, 15) is 10.1 Å². The summed E-state index contributed by atoms with van der Waals surface area (Å²) in [7, 11) is 0. The third kappa shape index (κ3) is 4.52. The van der Waals surface area contributed by atoms with E-state index in [2.05, 4.69) is 16.8 Å². The maximum Gasteiger partial charge on any atom is 0.269 e. The van der Waals surface area contributed by atoms with Crippen molar-refractivity contribution in [3.8, 4) is 5.75 Å². The van der Waals surface area contributed by atoms with Crippen LogP contribution in [0.1, 0.15) is 6.42 Å². The number of azo groups is 1. The van der Waals surface area contributed by atoms with Crippen LogP contribution >= 0.6 is 0 Å². The lowest BCUT2D eigenvalue weighted by Gasteiger charge is -2.03. The van der Waals surface area contributed by atoms with Crippen LogP contribution in [0, 0.1) is 10.1 Å². The van der Waals surface area contributed by atoms with E-state index in [1.807, 2.05) is 12.1 Å². The topological polar surface area (TPSA) is 77.1 Å². The lowest BCUT2D eigenvalue weighted by Crippen LogP contribution is -1.94. The second-order valence-corrected chi connectivity index (χ2v) is 4.39. The van der Waals surface area contributed by atoms with Gasteiger partial charge in [-0.05, 0) is 42.8 Å². The van der Waals surface area contributed by atoms with Crippen LogP contribution in [-0.2, 0) is 0 Å². The van der Waals surface area contributed by atoms with Crippen molar-refractivity contribution in [3.05, 3.63) is 71.3 Å². The first-order chi connectivity index (χ1) is 10.7. The summed E-state index contributed by atoms with van der Waals surface area (Å²) >= 11 is 0. The van der Waals surface area contributed by atoms with Gasteiger partial charge in [0.05, 0.1) is 22.9 Å². The van der Waals surface area contributed by atoms with Crippen molar-refractivity contribution in [2.24, 2.45) is 10.2 Å². The summed E-state index contributed by atoms with van der Waals surface area (Å²) in [5.41, 5.74) is 1.26. The van der Waals surface area contributed by atoms with E-state index in [1.165, 1.54) is 12.1 Å². The van der Waals surface area contributed by atoms with Gasteiger partial charge in [-0.2, -0.15) is 10.2 Å². The van der Waals surface area contributed by atoms with Crippen LogP contribution in [0.5, 0.6) is 5.75 Å². The third-order valence-corrected chi connectivity index (χ3v) is 2.77. The Hall–Kier alpha value is -3.02. The van der Waals surface area contributed by atoms with Crippen molar-refractivity contribution in [1.29, 1.82) is 0 Å². The van der Waals surface area contributed by atoms with Gasteiger partial charge in [-0.15, -0.1) is 6.58 Å². The molecule has 112 valence electrons. The van der Waals surface area contributed by atoms with Gasteiger partial charge in [-0.25, -0.2) is 0 Å². The first-order valence-electron chi connectivity index (χ1n) is 6.69. The molecular formula is C16H15N3O3. The number of nitro groups is 1. The van der Waals surface area contributed by atoms with Crippen molar-refractivity contribution in [3.63, 3.8) is 0 Å². The van der Waals surface area contributed by atoms with Crippen LogP contribution in [-0.4, -0.2) is 11.5 Å². The third-order valence-electron chi connectivity index (χ3n) is 2.77. The van der Waals surface area contributed by atoms with E-state index >= 15 is 0 Å². The highest BCUT2D eigenvalue weighted by molar-refractivity contribution is 5.45. The standard InChI is InChI=1S/C16H15N3O3/c1-2-3-12-22-16-10-6-14(7-11-16)18-17-13-4-8-15(9-5-13)19(20)21/h2,4-11H,1,3,12H2. The zero-order valence-corrected chi connectivity index (χ0v) is 11.9. The summed E-state index contributed by atoms with van der Waals surface area (Å²) in [5.74, 6) is 0.760. The van der Waals surface area contributed by atoms with Crippen molar-refractivity contribution in [1.82, 2.24) is 0 Å². The molecular weight excluding hydrogens is 282 g/mol. The Kier molecular flexibility index (Phi) is 5.37. The molecule has 0 heterocycles. The van der Waals surface area contributed by atoms with Gasteiger partial charge >= 0.3 is 0 Å². The van der Waals surface area contributed by atoms with Crippen LogP contribution in [0.2, 0.25) is 0 Å². The van der Waals surface area contributed by atoms with Gasteiger partial charge < -0.3 is 4.74 Å². The van der Waals surface area contributed by atoms with Gasteiger partial charge in [-0.3, -0.25) is 10.1 Å². The first-order valence-corrected chi connectivity index (χ1v) is 6.69. The Morgan fingerprint density at radius 1 is 1.05 bits per heavy atom. The lowest BCUT2D eigenvalue weighted by molar-refractivity contribution is -0.384. The number of benzene rings is 2. The molecule has 0 radical (unpaired) electrons. The molecule has 0 saturated carbocycles. The second-order valence-electron chi connectivity index (χ2n) is 4.39. The molecule has 0 fully saturated rings. The molecule has 22 heavy (non-hydrogen) atoms. The maximum absolute atomic E-state index is 10.6. The van der Waals surface area contributed by atoms with Crippen molar-refractivity contribution in [2.45, 2.75) is 6.42 Å².